The maximum absolute atomic E-state index is 11.8. The fourth-order valence-corrected chi connectivity index (χ4v) is 2.29. The van der Waals surface area contributed by atoms with Crippen LogP contribution in [-0.4, -0.2) is 24.0 Å². The van der Waals surface area contributed by atoms with Crippen molar-refractivity contribution in [3.05, 3.63) is 35.4 Å². The Morgan fingerprint density at radius 2 is 1.78 bits per heavy atom. The van der Waals surface area contributed by atoms with E-state index < -0.39 is 0 Å². The van der Waals surface area contributed by atoms with Gasteiger partial charge in [0.1, 0.15) is 0 Å². The van der Waals surface area contributed by atoms with Crippen LogP contribution >= 0.6 is 0 Å². The zero-order valence-corrected chi connectivity index (χ0v) is 11.4. The maximum Gasteiger partial charge on any atom is 0.234 e. The first-order valence-corrected chi connectivity index (χ1v) is 6.55. The van der Waals surface area contributed by atoms with Crippen molar-refractivity contribution < 1.29 is 4.79 Å². The SMILES string of the molecule is CC(C)(C)NCC(=O)NC1Cc2ccccc2C1. The molecule has 0 aromatic heterocycles. The lowest BCUT2D eigenvalue weighted by molar-refractivity contribution is -0.121. The molecule has 2 rings (SSSR count). The quantitative estimate of drug-likeness (QED) is 0.851. The summed E-state index contributed by atoms with van der Waals surface area (Å²) in [5, 5.41) is 6.30. The highest BCUT2D eigenvalue weighted by Gasteiger charge is 2.22. The number of carbonyl (C=O) groups is 1. The Hall–Kier alpha value is -1.35. The third-order valence-corrected chi connectivity index (χ3v) is 3.20. The molecule has 1 aliphatic carbocycles. The van der Waals surface area contributed by atoms with Crippen LogP contribution in [0.25, 0.3) is 0 Å². The van der Waals surface area contributed by atoms with Crippen LogP contribution in [0.15, 0.2) is 24.3 Å². The molecule has 1 amide bonds. The molecule has 18 heavy (non-hydrogen) atoms. The monoisotopic (exact) mass is 246 g/mol. The van der Waals surface area contributed by atoms with Gasteiger partial charge in [0.2, 0.25) is 5.91 Å². The summed E-state index contributed by atoms with van der Waals surface area (Å²) in [5.41, 5.74) is 2.72. The second-order valence-corrected chi connectivity index (χ2v) is 6.04. The molecular formula is C15H22N2O. The zero-order valence-electron chi connectivity index (χ0n) is 11.4. The molecule has 0 fully saturated rings. The molecule has 0 bridgehead atoms. The van der Waals surface area contributed by atoms with Crippen molar-refractivity contribution in [3.8, 4) is 0 Å². The van der Waals surface area contributed by atoms with Gasteiger partial charge in [0.15, 0.2) is 0 Å². The first-order chi connectivity index (χ1) is 8.44. The van der Waals surface area contributed by atoms with Gasteiger partial charge in [-0.05, 0) is 44.7 Å². The molecule has 98 valence electrons. The minimum atomic E-state index is -0.0179. The van der Waals surface area contributed by atoms with E-state index in [0.717, 1.165) is 12.8 Å². The first kappa shape index (κ1) is 13.1. The van der Waals surface area contributed by atoms with Crippen molar-refractivity contribution in [1.82, 2.24) is 10.6 Å². The van der Waals surface area contributed by atoms with Crippen molar-refractivity contribution in [1.29, 1.82) is 0 Å². The molecule has 0 saturated heterocycles. The van der Waals surface area contributed by atoms with Gasteiger partial charge >= 0.3 is 0 Å². The standard InChI is InChI=1S/C15H22N2O/c1-15(2,3)16-10-14(18)17-13-8-11-6-4-5-7-12(11)9-13/h4-7,13,16H,8-10H2,1-3H3,(H,17,18). The van der Waals surface area contributed by atoms with Gasteiger partial charge < -0.3 is 10.6 Å². The Bertz CT molecular complexity index is 409. The Balaban J connectivity index is 1.81. The number of amides is 1. The largest absolute Gasteiger partial charge is 0.352 e. The summed E-state index contributed by atoms with van der Waals surface area (Å²) in [7, 11) is 0. The van der Waals surface area contributed by atoms with Crippen LogP contribution in [0.2, 0.25) is 0 Å². The first-order valence-electron chi connectivity index (χ1n) is 6.55. The highest BCUT2D eigenvalue weighted by molar-refractivity contribution is 5.78. The van der Waals surface area contributed by atoms with Gasteiger partial charge in [-0.3, -0.25) is 4.79 Å². The summed E-state index contributed by atoms with van der Waals surface area (Å²) in [4.78, 5) is 11.8. The van der Waals surface area contributed by atoms with Gasteiger partial charge in [0.05, 0.1) is 6.54 Å². The second kappa shape index (κ2) is 5.11. The van der Waals surface area contributed by atoms with E-state index in [1.54, 1.807) is 0 Å². The van der Waals surface area contributed by atoms with E-state index in [1.807, 2.05) is 0 Å². The summed E-state index contributed by atoms with van der Waals surface area (Å²) in [5.74, 6) is 0.0859. The van der Waals surface area contributed by atoms with E-state index in [4.69, 9.17) is 0 Å². The van der Waals surface area contributed by atoms with Crippen molar-refractivity contribution in [2.24, 2.45) is 0 Å². The molecule has 0 atom stereocenters. The number of rotatable bonds is 3. The number of carbonyl (C=O) groups excluding carboxylic acids is 1. The summed E-state index contributed by atoms with van der Waals surface area (Å²) in [6.07, 6.45) is 1.91. The van der Waals surface area contributed by atoms with Crippen LogP contribution in [0.4, 0.5) is 0 Å². The Morgan fingerprint density at radius 3 is 2.28 bits per heavy atom. The van der Waals surface area contributed by atoms with Crippen molar-refractivity contribution >= 4 is 5.91 Å². The molecule has 0 aliphatic heterocycles. The molecule has 0 saturated carbocycles. The average Bonchev–Trinajstić information content (AvgIpc) is 2.67. The second-order valence-electron chi connectivity index (χ2n) is 6.04. The number of hydrogen-bond donors (Lipinski definition) is 2. The Kier molecular flexibility index (Phi) is 3.71. The highest BCUT2D eigenvalue weighted by Crippen LogP contribution is 2.21. The van der Waals surface area contributed by atoms with E-state index in [1.165, 1.54) is 11.1 Å². The van der Waals surface area contributed by atoms with Gasteiger partial charge in [0, 0.05) is 11.6 Å². The molecule has 1 aromatic carbocycles. The van der Waals surface area contributed by atoms with Crippen LogP contribution in [-0.2, 0) is 17.6 Å². The Morgan fingerprint density at radius 1 is 1.22 bits per heavy atom. The molecule has 1 aliphatic rings. The predicted molar refractivity (Wildman–Crippen MR) is 73.5 cm³/mol. The van der Waals surface area contributed by atoms with Gasteiger partial charge in [-0.2, -0.15) is 0 Å². The summed E-state index contributed by atoms with van der Waals surface area (Å²) >= 11 is 0. The maximum atomic E-state index is 11.8. The smallest absolute Gasteiger partial charge is 0.234 e. The van der Waals surface area contributed by atoms with Crippen molar-refractivity contribution in [2.45, 2.75) is 45.2 Å². The molecular weight excluding hydrogens is 224 g/mol. The molecule has 3 heteroatoms. The zero-order chi connectivity index (χ0) is 13.2. The number of benzene rings is 1. The minimum Gasteiger partial charge on any atom is -0.352 e. The van der Waals surface area contributed by atoms with E-state index in [0.29, 0.717) is 6.54 Å². The Labute approximate surface area is 109 Å². The fourth-order valence-electron chi connectivity index (χ4n) is 2.29. The van der Waals surface area contributed by atoms with Crippen LogP contribution in [0, 0.1) is 0 Å². The van der Waals surface area contributed by atoms with Crippen LogP contribution in [0.1, 0.15) is 31.9 Å². The lowest BCUT2D eigenvalue weighted by Crippen LogP contribution is -2.46. The number of fused-ring (bicyclic) bond motifs is 1. The fraction of sp³-hybridized carbons (Fsp3) is 0.533. The molecule has 0 unspecified atom stereocenters. The molecule has 1 aromatic rings. The topological polar surface area (TPSA) is 41.1 Å². The number of nitrogens with one attached hydrogen (secondary N) is 2. The van der Waals surface area contributed by atoms with E-state index in [9.17, 15) is 4.79 Å². The average molecular weight is 246 g/mol. The summed E-state index contributed by atoms with van der Waals surface area (Å²) in [6, 6.07) is 8.68. The minimum absolute atomic E-state index is 0.0179. The van der Waals surface area contributed by atoms with E-state index >= 15 is 0 Å². The highest BCUT2D eigenvalue weighted by atomic mass is 16.2. The molecule has 0 spiro atoms. The molecule has 0 radical (unpaired) electrons. The molecule has 0 heterocycles. The normalized spacial score (nSPS) is 15.5. The lowest BCUT2D eigenvalue weighted by Gasteiger charge is -2.21. The third-order valence-electron chi connectivity index (χ3n) is 3.20. The number of hydrogen-bond acceptors (Lipinski definition) is 2. The van der Waals surface area contributed by atoms with Gasteiger partial charge in [0.25, 0.3) is 0 Å². The van der Waals surface area contributed by atoms with Gasteiger partial charge in [-0.1, -0.05) is 24.3 Å². The predicted octanol–water partition coefficient (Wildman–Crippen LogP) is 1.66. The lowest BCUT2D eigenvalue weighted by atomic mass is 10.1. The van der Waals surface area contributed by atoms with Crippen molar-refractivity contribution in [3.63, 3.8) is 0 Å². The van der Waals surface area contributed by atoms with Gasteiger partial charge in [-0.25, -0.2) is 0 Å². The molecule has 2 N–H and O–H groups in total. The van der Waals surface area contributed by atoms with Crippen molar-refractivity contribution in [2.75, 3.05) is 6.54 Å². The summed E-state index contributed by atoms with van der Waals surface area (Å²) in [6.45, 7) is 6.57. The van der Waals surface area contributed by atoms with E-state index in [-0.39, 0.29) is 17.5 Å². The van der Waals surface area contributed by atoms with Crippen LogP contribution in [0.3, 0.4) is 0 Å². The summed E-state index contributed by atoms with van der Waals surface area (Å²) < 4.78 is 0. The van der Waals surface area contributed by atoms with Gasteiger partial charge in [-0.15, -0.1) is 0 Å². The van der Waals surface area contributed by atoms with Crippen LogP contribution < -0.4 is 10.6 Å². The third kappa shape index (κ3) is 3.57. The molecule has 3 nitrogen and oxygen atoms in total. The van der Waals surface area contributed by atoms with Crippen LogP contribution in [0.5, 0.6) is 0 Å². The van der Waals surface area contributed by atoms with E-state index in [2.05, 4.69) is 55.7 Å².